The zero-order valence-corrected chi connectivity index (χ0v) is 16.5. The number of piperazine rings is 1. The average molecular weight is 384 g/mol. The van der Waals surface area contributed by atoms with Gasteiger partial charge in [-0.1, -0.05) is 41.6 Å². The SMILES string of the molecule is [C-]#[N+]C1=CCc2ccc(CCCN3CCN(c4noc5ccccc45)CC3)cc21. The van der Waals surface area contributed by atoms with Crippen LogP contribution >= 0.6 is 0 Å². The number of benzene rings is 2. The van der Waals surface area contributed by atoms with Crippen molar-refractivity contribution in [2.45, 2.75) is 19.3 Å². The van der Waals surface area contributed by atoms with E-state index >= 15 is 0 Å². The van der Waals surface area contributed by atoms with Gasteiger partial charge in [-0.2, -0.15) is 0 Å². The van der Waals surface area contributed by atoms with Crippen molar-refractivity contribution in [3.8, 4) is 0 Å². The molecule has 2 heterocycles. The van der Waals surface area contributed by atoms with Crippen LogP contribution in [0.15, 0.2) is 53.1 Å². The van der Waals surface area contributed by atoms with Crippen LogP contribution in [0.2, 0.25) is 0 Å². The van der Waals surface area contributed by atoms with Crippen molar-refractivity contribution in [3.63, 3.8) is 0 Å². The fourth-order valence-electron chi connectivity index (χ4n) is 4.41. The topological polar surface area (TPSA) is 36.9 Å². The number of hydrogen-bond donors (Lipinski definition) is 0. The molecule has 0 unspecified atom stereocenters. The average Bonchev–Trinajstić information content (AvgIpc) is 3.38. The predicted molar refractivity (Wildman–Crippen MR) is 116 cm³/mol. The summed E-state index contributed by atoms with van der Waals surface area (Å²) < 4.78 is 5.46. The maximum absolute atomic E-state index is 7.32. The predicted octanol–water partition coefficient (Wildman–Crippen LogP) is 4.40. The van der Waals surface area contributed by atoms with Gasteiger partial charge >= 0.3 is 0 Å². The summed E-state index contributed by atoms with van der Waals surface area (Å²) in [5.74, 6) is 0.974. The summed E-state index contributed by atoms with van der Waals surface area (Å²) in [5, 5.41) is 5.40. The highest BCUT2D eigenvalue weighted by molar-refractivity contribution is 5.88. The van der Waals surface area contributed by atoms with Crippen LogP contribution in [0.3, 0.4) is 0 Å². The molecule has 1 fully saturated rings. The Kier molecular flexibility index (Phi) is 4.79. The van der Waals surface area contributed by atoms with Crippen LogP contribution in [0.1, 0.15) is 23.1 Å². The smallest absolute Gasteiger partial charge is 0.191 e. The molecule has 0 saturated carbocycles. The number of aryl methyl sites for hydroxylation is 1. The minimum absolute atomic E-state index is 0.818. The van der Waals surface area contributed by atoms with E-state index in [9.17, 15) is 0 Å². The van der Waals surface area contributed by atoms with Crippen molar-refractivity contribution in [3.05, 3.63) is 76.6 Å². The van der Waals surface area contributed by atoms with Crippen molar-refractivity contribution in [2.24, 2.45) is 0 Å². The third kappa shape index (κ3) is 3.52. The molecule has 2 aromatic carbocycles. The normalized spacial score (nSPS) is 16.7. The van der Waals surface area contributed by atoms with E-state index in [1.807, 2.05) is 24.3 Å². The second-order valence-electron chi connectivity index (χ2n) is 7.83. The van der Waals surface area contributed by atoms with Crippen LogP contribution in [-0.2, 0) is 12.8 Å². The zero-order chi connectivity index (χ0) is 19.6. The summed E-state index contributed by atoms with van der Waals surface area (Å²) >= 11 is 0. The van der Waals surface area contributed by atoms with Gasteiger partial charge < -0.3 is 9.42 Å². The molecule has 146 valence electrons. The third-order valence-electron chi connectivity index (χ3n) is 6.06. The molecule has 0 bridgehead atoms. The molecule has 3 aromatic rings. The van der Waals surface area contributed by atoms with Crippen LogP contribution < -0.4 is 4.90 Å². The summed E-state index contributed by atoms with van der Waals surface area (Å²) in [7, 11) is 0. The fraction of sp³-hybridized carbons (Fsp3) is 0.333. The van der Waals surface area contributed by atoms with Gasteiger partial charge in [0.2, 0.25) is 0 Å². The van der Waals surface area contributed by atoms with Crippen molar-refractivity contribution in [1.82, 2.24) is 10.1 Å². The van der Waals surface area contributed by atoms with Crippen molar-refractivity contribution in [1.29, 1.82) is 0 Å². The molecule has 5 heteroatoms. The Morgan fingerprint density at radius 2 is 1.93 bits per heavy atom. The van der Waals surface area contributed by atoms with E-state index in [4.69, 9.17) is 11.1 Å². The highest BCUT2D eigenvalue weighted by Crippen LogP contribution is 2.30. The molecule has 29 heavy (non-hydrogen) atoms. The van der Waals surface area contributed by atoms with E-state index in [0.717, 1.165) is 80.0 Å². The second-order valence-corrected chi connectivity index (χ2v) is 7.83. The largest absolute Gasteiger partial charge is 0.354 e. The number of anilines is 1. The van der Waals surface area contributed by atoms with Gasteiger partial charge in [0.25, 0.3) is 0 Å². The van der Waals surface area contributed by atoms with E-state index in [1.165, 1.54) is 11.1 Å². The highest BCUT2D eigenvalue weighted by atomic mass is 16.5. The number of allylic oxidation sites excluding steroid dienone is 1. The molecule has 0 N–H and O–H groups in total. The van der Waals surface area contributed by atoms with Gasteiger partial charge in [-0.15, -0.1) is 0 Å². The summed E-state index contributed by atoms with van der Waals surface area (Å²) in [6.07, 6.45) is 5.15. The Morgan fingerprint density at radius 1 is 1.07 bits per heavy atom. The number of rotatable bonds is 5. The molecule has 1 aliphatic carbocycles. The van der Waals surface area contributed by atoms with Gasteiger partial charge in [-0.25, -0.2) is 4.85 Å². The van der Waals surface area contributed by atoms with E-state index < -0.39 is 0 Å². The molecular weight excluding hydrogens is 360 g/mol. The van der Waals surface area contributed by atoms with Gasteiger partial charge in [0.05, 0.1) is 12.0 Å². The molecule has 5 nitrogen and oxygen atoms in total. The molecule has 0 amide bonds. The molecule has 0 atom stereocenters. The number of para-hydroxylation sites is 1. The number of fused-ring (bicyclic) bond motifs is 2. The van der Waals surface area contributed by atoms with E-state index in [1.54, 1.807) is 0 Å². The fourth-order valence-corrected chi connectivity index (χ4v) is 4.41. The first-order valence-corrected chi connectivity index (χ1v) is 10.3. The quantitative estimate of drug-likeness (QED) is 0.611. The molecular formula is C24H24N4O. The van der Waals surface area contributed by atoms with Crippen LogP contribution in [0, 0.1) is 6.57 Å². The summed E-state index contributed by atoms with van der Waals surface area (Å²) in [6.45, 7) is 12.5. The standard InChI is InChI=1S/C24H24N4O/c1-25-22-11-10-19-9-8-18(17-21(19)22)5-4-12-27-13-15-28(16-14-27)24-20-6-2-3-7-23(20)29-26-24/h2-3,6-9,11,17H,4-5,10,12-16H2. The van der Waals surface area contributed by atoms with Gasteiger partial charge in [-0.05, 0) is 54.6 Å². The lowest BCUT2D eigenvalue weighted by Crippen LogP contribution is -2.46. The van der Waals surface area contributed by atoms with Crippen LogP contribution in [0.25, 0.3) is 21.5 Å². The summed E-state index contributed by atoms with van der Waals surface area (Å²) in [5.41, 5.74) is 5.45. The Hall–Kier alpha value is -3.10. The molecule has 0 spiro atoms. The first kappa shape index (κ1) is 18.0. The lowest BCUT2D eigenvalue weighted by Gasteiger charge is -2.34. The van der Waals surface area contributed by atoms with Gasteiger partial charge in [0.15, 0.2) is 17.1 Å². The maximum atomic E-state index is 7.32. The van der Waals surface area contributed by atoms with Gasteiger partial charge in [-0.3, -0.25) is 4.90 Å². The zero-order valence-electron chi connectivity index (χ0n) is 16.5. The van der Waals surface area contributed by atoms with Crippen molar-refractivity contribution in [2.75, 3.05) is 37.6 Å². The Labute approximate surface area is 171 Å². The van der Waals surface area contributed by atoms with Gasteiger partial charge in [0.1, 0.15) is 0 Å². The van der Waals surface area contributed by atoms with E-state index in [2.05, 4.69) is 44.1 Å². The first-order chi connectivity index (χ1) is 14.3. The third-order valence-corrected chi connectivity index (χ3v) is 6.06. The maximum Gasteiger partial charge on any atom is 0.191 e. The molecule has 1 aromatic heterocycles. The van der Waals surface area contributed by atoms with Crippen molar-refractivity contribution < 1.29 is 4.52 Å². The van der Waals surface area contributed by atoms with E-state index in [-0.39, 0.29) is 0 Å². The summed E-state index contributed by atoms with van der Waals surface area (Å²) in [4.78, 5) is 8.53. The number of hydrogen-bond acceptors (Lipinski definition) is 4. The summed E-state index contributed by atoms with van der Waals surface area (Å²) in [6, 6.07) is 14.7. The lowest BCUT2D eigenvalue weighted by atomic mass is 10.0. The Balaban J connectivity index is 1.13. The Bertz CT molecular complexity index is 1100. The van der Waals surface area contributed by atoms with Crippen LogP contribution in [0.5, 0.6) is 0 Å². The molecule has 1 aliphatic heterocycles. The minimum Gasteiger partial charge on any atom is -0.354 e. The lowest BCUT2D eigenvalue weighted by molar-refractivity contribution is 0.254. The van der Waals surface area contributed by atoms with Crippen molar-refractivity contribution >= 4 is 22.5 Å². The second kappa shape index (κ2) is 7.73. The molecule has 1 saturated heterocycles. The van der Waals surface area contributed by atoms with E-state index in [0.29, 0.717) is 0 Å². The number of nitrogens with zero attached hydrogens (tertiary/aromatic N) is 4. The highest BCUT2D eigenvalue weighted by Gasteiger charge is 2.21. The molecule has 2 aliphatic rings. The Morgan fingerprint density at radius 3 is 2.79 bits per heavy atom. The van der Waals surface area contributed by atoms with Crippen LogP contribution in [0.4, 0.5) is 5.82 Å². The molecule has 0 radical (unpaired) electrons. The molecule has 5 rings (SSSR count). The first-order valence-electron chi connectivity index (χ1n) is 10.3. The van der Waals surface area contributed by atoms with Gasteiger partial charge in [0, 0.05) is 26.2 Å². The van der Waals surface area contributed by atoms with Crippen LogP contribution in [-0.4, -0.2) is 42.8 Å². The monoisotopic (exact) mass is 384 g/mol. The minimum atomic E-state index is 0.818. The number of aromatic nitrogens is 1.